The van der Waals surface area contributed by atoms with Gasteiger partial charge in [0.15, 0.2) is 0 Å². The second kappa shape index (κ2) is 9.85. The maximum atomic E-state index is 13.9. The van der Waals surface area contributed by atoms with Gasteiger partial charge in [0.05, 0.1) is 5.56 Å². The van der Waals surface area contributed by atoms with Crippen molar-refractivity contribution in [3.8, 4) is 0 Å². The van der Waals surface area contributed by atoms with Gasteiger partial charge in [-0.3, -0.25) is 9.59 Å². The SMILES string of the molecule is CC(C)C(NC(=O)c1ccccc1F)C(=O)N1C[C@@H](N)[C@H](c2ccccc2)C1.Cl. The molecule has 1 aliphatic heterocycles. The van der Waals surface area contributed by atoms with E-state index in [0.29, 0.717) is 13.1 Å². The van der Waals surface area contributed by atoms with Crippen LogP contribution in [0.3, 0.4) is 0 Å². The lowest BCUT2D eigenvalue weighted by atomic mass is 9.95. The molecule has 1 aliphatic rings. The van der Waals surface area contributed by atoms with Crippen LogP contribution in [-0.4, -0.2) is 41.9 Å². The summed E-state index contributed by atoms with van der Waals surface area (Å²) in [4.78, 5) is 27.3. The fourth-order valence-corrected chi connectivity index (χ4v) is 3.64. The first kappa shape index (κ1) is 22.8. The molecular weight excluding hydrogens is 393 g/mol. The van der Waals surface area contributed by atoms with E-state index in [2.05, 4.69) is 5.32 Å². The molecule has 1 fully saturated rings. The number of nitrogens with one attached hydrogen (secondary N) is 1. The number of benzene rings is 2. The predicted octanol–water partition coefficient (Wildman–Crippen LogP) is 2.96. The zero-order valence-corrected chi connectivity index (χ0v) is 17.4. The molecule has 7 heteroatoms. The van der Waals surface area contributed by atoms with E-state index < -0.39 is 17.8 Å². The van der Waals surface area contributed by atoms with Crippen LogP contribution >= 0.6 is 12.4 Å². The summed E-state index contributed by atoms with van der Waals surface area (Å²) in [5.74, 6) is -1.47. The van der Waals surface area contributed by atoms with Crippen molar-refractivity contribution >= 4 is 24.2 Å². The molecule has 5 nitrogen and oxygen atoms in total. The van der Waals surface area contributed by atoms with Gasteiger partial charge in [-0.1, -0.05) is 56.3 Å². The van der Waals surface area contributed by atoms with Crippen molar-refractivity contribution < 1.29 is 14.0 Å². The monoisotopic (exact) mass is 419 g/mol. The number of hydrogen-bond donors (Lipinski definition) is 2. The molecule has 2 aromatic carbocycles. The standard InChI is InChI=1S/C22H26FN3O2.ClH/c1-14(2)20(25-21(27)16-10-6-7-11-18(16)23)22(28)26-12-17(19(24)13-26)15-8-4-3-5-9-15;/h3-11,14,17,19-20H,12-13,24H2,1-2H3,(H,25,27);1H/t17-,19+,20?;/m0./s1. The normalized spacial score (nSPS) is 19.6. The minimum Gasteiger partial charge on any atom is -0.340 e. The maximum absolute atomic E-state index is 13.9. The molecule has 2 aromatic rings. The molecule has 0 radical (unpaired) electrons. The first-order valence-corrected chi connectivity index (χ1v) is 9.53. The summed E-state index contributed by atoms with van der Waals surface area (Å²) in [5.41, 5.74) is 7.33. The Labute approximate surface area is 176 Å². The Balaban J connectivity index is 0.00000300. The number of rotatable bonds is 5. The minimum atomic E-state index is -0.742. The third-order valence-electron chi connectivity index (χ3n) is 5.24. The average Bonchev–Trinajstić information content (AvgIpc) is 3.08. The van der Waals surface area contributed by atoms with Crippen molar-refractivity contribution in [2.75, 3.05) is 13.1 Å². The van der Waals surface area contributed by atoms with Crippen LogP contribution in [0.25, 0.3) is 0 Å². The Kier molecular flexibility index (Phi) is 7.76. The van der Waals surface area contributed by atoms with Gasteiger partial charge >= 0.3 is 0 Å². The van der Waals surface area contributed by atoms with Crippen LogP contribution in [0.2, 0.25) is 0 Å². The summed E-state index contributed by atoms with van der Waals surface area (Å²) in [5, 5.41) is 2.71. The van der Waals surface area contributed by atoms with Crippen molar-refractivity contribution in [3.05, 3.63) is 71.5 Å². The van der Waals surface area contributed by atoms with Crippen LogP contribution in [-0.2, 0) is 4.79 Å². The summed E-state index contributed by atoms with van der Waals surface area (Å²) in [6.07, 6.45) is 0. The Morgan fingerprint density at radius 2 is 1.69 bits per heavy atom. The van der Waals surface area contributed by atoms with Gasteiger partial charge in [-0.25, -0.2) is 4.39 Å². The Bertz CT molecular complexity index is 847. The van der Waals surface area contributed by atoms with E-state index in [0.717, 1.165) is 5.56 Å². The topological polar surface area (TPSA) is 75.4 Å². The molecule has 3 rings (SSSR count). The summed E-state index contributed by atoms with van der Waals surface area (Å²) in [6, 6.07) is 14.7. The summed E-state index contributed by atoms with van der Waals surface area (Å²) < 4.78 is 13.9. The highest BCUT2D eigenvalue weighted by Gasteiger charge is 2.38. The van der Waals surface area contributed by atoms with Crippen LogP contribution in [0.5, 0.6) is 0 Å². The molecule has 1 heterocycles. The van der Waals surface area contributed by atoms with Crippen LogP contribution < -0.4 is 11.1 Å². The summed E-state index contributed by atoms with van der Waals surface area (Å²) >= 11 is 0. The molecular formula is C22H27ClFN3O2. The fourth-order valence-electron chi connectivity index (χ4n) is 3.64. The Morgan fingerprint density at radius 3 is 2.31 bits per heavy atom. The third kappa shape index (κ3) is 5.14. The lowest BCUT2D eigenvalue weighted by Crippen LogP contribution is -2.51. The van der Waals surface area contributed by atoms with E-state index in [9.17, 15) is 14.0 Å². The summed E-state index contributed by atoms with van der Waals surface area (Å²) in [6.45, 7) is 4.64. The molecule has 0 spiro atoms. The van der Waals surface area contributed by atoms with Crippen LogP contribution in [0.4, 0.5) is 4.39 Å². The molecule has 0 saturated carbocycles. The van der Waals surface area contributed by atoms with E-state index in [-0.39, 0.29) is 41.8 Å². The van der Waals surface area contributed by atoms with Crippen molar-refractivity contribution in [2.45, 2.75) is 31.8 Å². The first-order chi connectivity index (χ1) is 13.4. The van der Waals surface area contributed by atoms with E-state index in [1.54, 1.807) is 11.0 Å². The minimum absolute atomic E-state index is 0. The van der Waals surface area contributed by atoms with Gasteiger partial charge in [-0.2, -0.15) is 0 Å². The van der Waals surface area contributed by atoms with E-state index in [4.69, 9.17) is 5.73 Å². The Hall–Kier alpha value is -2.44. The molecule has 2 amide bonds. The van der Waals surface area contributed by atoms with Crippen molar-refractivity contribution in [3.63, 3.8) is 0 Å². The van der Waals surface area contributed by atoms with Gasteiger partial charge in [0.25, 0.3) is 5.91 Å². The Morgan fingerprint density at radius 1 is 1.07 bits per heavy atom. The molecule has 3 atom stereocenters. The van der Waals surface area contributed by atoms with Crippen molar-refractivity contribution in [2.24, 2.45) is 11.7 Å². The third-order valence-corrected chi connectivity index (χ3v) is 5.24. The van der Waals surface area contributed by atoms with Gasteiger partial charge in [0.1, 0.15) is 11.9 Å². The second-order valence-electron chi connectivity index (χ2n) is 7.60. The number of hydrogen-bond acceptors (Lipinski definition) is 3. The molecule has 1 saturated heterocycles. The number of carbonyl (C=O) groups excluding carboxylic acids is 2. The number of nitrogens with zero attached hydrogens (tertiary/aromatic N) is 1. The fraction of sp³-hybridized carbons (Fsp3) is 0.364. The summed E-state index contributed by atoms with van der Waals surface area (Å²) in [7, 11) is 0. The second-order valence-corrected chi connectivity index (χ2v) is 7.60. The van der Waals surface area contributed by atoms with Crippen molar-refractivity contribution in [1.82, 2.24) is 10.2 Å². The van der Waals surface area contributed by atoms with Gasteiger partial charge in [0, 0.05) is 25.0 Å². The number of nitrogens with two attached hydrogens (primary N) is 1. The molecule has 3 N–H and O–H groups in total. The predicted molar refractivity (Wildman–Crippen MR) is 113 cm³/mol. The van der Waals surface area contributed by atoms with Gasteiger partial charge in [0.2, 0.25) is 5.91 Å². The molecule has 0 aliphatic carbocycles. The quantitative estimate of drug-likeness (QED) is 0.782. The molecule has 0 aromatic heterocycles. The molecule has 156 valence electrons. The number of amides is 2. The van der Waals surface area contributed by atoms with Gasteiger partial charge < -0.3 is 16.0 Å². The highest BCUT2D eigenvalue weighted by atomic mass is 35.5. The largest absolute Gasteiger partial charge is 0.340 e. The van der Waals surface area contributed by atoms with E-state index in [1.807, 2.05) is 44.2 Å². The van der Waals surface area contributed by atoms with Gasteiger partial charge in [-0.05, 0) is 23.6 Å². The highest BCUT2D eigenvalue weighted by Crippen LogP contribution is 2.27. The van der Waals surface area contributed by atoms with Crippen LogP contribution in [0, 0.1) is 11.7 Å². The van der Waals surface area contributed by atoms with Crippen molar-refractivity contribution in [1.29, 1.82) is 0 Å². The highest BCUT2D eigenvalue weighted by molar-refractivity contribution is 5.97. The van der Waals surface area contributed by atoms with Crippen LogP contribution in [0.1, 0.15) is 35.7 Å². The lowest BCUT2D eigenvalue weighted by Gasteiger charge is -2.27. The molecule has 1 unspecified atom stereocenters. The van der Waals surface area contributed by atoms with E-state index in [1.165, 1.54) is 18.2 Å². The zero-order valence-electron chi connectivity index (χ0n) is 16.5. The number of carbonyl (C=O) groups is 2. The van der Waals surface area contributed by atoms with E-state index >= 15 is 0 Å². The van der Waals surface area contributed by atoms with Gasteiger partial charge in [-0.15, -0.1) is 12.4 Å². The molecule has 29 heavy (non-hydrogen) atoms. The number of likely N-dealkylation sites (tertiary alicyclic amines) is 1. The van der Waals surface area contributed by atoms with Crippen LogP contribution in [0.15, 0.2) is 54.6 Å². The zero-order chi connectivity index (χ0) is 20.3. The lowest BCUT2D eigenvalue weighted by molar-refractivity contribution is -0.133. The number of halogens is 2. The maximum Gasteiger partial charge on any atom is 0.254 e. The smallest absolute Gasteiger partial charge is 0.254 e. The average molecular weight is 420 g/mol. The first-order valence-electron chi connectivity index (χ1n) is 9.53. The molecule has 0 bridgehead atoms.